The van der Waals surface area contributed by atoms with Gasteiger partial charge in [0.2, 0.25) is 18.2 Å². The molecule has 0 aliphatic heterocycles. The van der Waals surface area contributed by atoms with E-state index in [4.69, 9.17) is 32.7 Å². The lowest BCUT2D eigenvalue weighted by Crippen LogP contribution is -2.15. The van der Waals surface area contributed by atoms with Gasteiger partial charge in [0.15, 0.2) is 0 Å². The molecule has 2 aromatic carbocycles. The van der Waals surface area contributed by atoms with E-state index in [-0.39, 0.29) is 38.8 Å². The van der Waals surface area contributed by atoms with Crippen molar-refractivity contribution in [2.75, 3.05) is 20.4 Å². The third-order valence-corrected chi connectivity index (χ3v) is 7.20. The molecule has 2 aromatic rings. The number of rotatable bonds is 7. The van der Waals surface area contributed by atoms with Gasteiger partial charge in [0, 0.05) is 6.16 Å². The minimum Gasteiger partial charge on any atom is -0.496 e. The monoisotopic (exact) mass is 414 g/mol. The van der Waals surface area contributed by atoms with Crippen LogP contribution in [0.2, 0.25) is 10.0 Å². The van der Waals surface area contributed by atoms with Crippen molar-refractivity contribution in [3.8, 4) is 11.5 Å². The zero-order valence-electron chi connectivity index (χ0n) is 14.4. The summed E-state index contributed by atoms with van der Waals surface area (Å²) in [6.07, 6.45) is -0.187. The van der Waals surface area contributed by atoms with Crippen molar-refractivity contribution in [3.05, 3.63) is 57.6 Å². The van der Waals surface area contributed by atoms with Gasteiger partial charge in [0.05, 0.1) is 29.8 Å². The maximum atomic E-state index is 13.5. The zero-order valence-corrected chi connectivity index (χ0v) is 16.8. The van der Waals surface area contributed by atoms with Gasteiger partial charge >= 0.3 is 0 Å². The predicted octanol–water partition coefficient (Wildman–Crippen LogP) is 5.37. The molecule has 2 rings (SSSR count). The van der Waals surface area contributed by atoms with E-state index in [1.807, 2.05) is 0 Å². The van der Waals surface area contributed by atoms with Gasteiger partial charge in [0.1, 0.15) is 17.1 Å². The van der Waals surface area contributed by atoms with E-state index in [2.05, 4.69) is 0 Å². The first-order chi connectivity index (χ1) is 12.3. The Kier molecular flexibility index (Phi) is 6.51. The predicted molar refractivity (Wildman–Crippen MR) is 103 cm³/mol. The molecular formula is C18H17Cl2O5P. The Hall–Kier alpha value is -1.81. The van der Waals surface area contributed by atoms with Crippen LogP contribution in [0.1, 0.15) is 27.6 Å². The standard InChI is InChI=1S/C18H17Cl2O5P/c1-4-26(23,17(21)15-11(19)7-5-8-12(15)20)18(22)16-13(24-2)9-6-10-14(16)25-3/h5-10H,4H2,1-3H3. The van der Waals surface area contributed by atoms with Gasteiger partial charge in [-0.15, -0.1) is 0 Å². The van der Waals surface area contributed by atoms with E-state index in [9.17, 15) is 14.2 Å². The first-order valence-electron chi connectivity index (χ1n) is 7.65. The van der Waals surface area contributed by atoms with Crippen LogP contribution in [0.25, 0.3) is 0 Å². The van der Waals surface area contributed by atoms with E-state index >= 15 is 0 Å². The number of carbonyl (C=O) groups excluding carboxylic acids is 2. The molecule has 0 radical (unpaired) electrons. The molecule has 1 atom stereocenters. The second-order valence-corrected chi connectivity index (χ2v) is 9.04. The molecule has 0 N–H and O–H groups in total. The number of benzene rings is 2. The van der Waals surface area contributed by atoms with Crippen molar-refractivity contribution in [1.29, 1.82) is 0 Å². The molecule has 26 heavy (non-hydrogen) atoms. The van der Waals surface area contributed by atoms with E-state index in [0.717, 1.165) is 0 Å². The van der Waals surface area contributed by atoms with E-state index in [1.165, 1.54) is 45.4 Å². The summed E-state index contributed by atoms with van der Waals surface area (Å²) in [6.45, 7) is 1.50. The van der Waals surface area contributed by atoms with Gasteiger partial charge in [-0.1, -0.05) is 42.3 Å². The topological polar surface area (TPSA) is 69.7 Å². The van der Waals surface area contributed by atoms with Gasteiger partial charge in [-0.3, -0.25) is 9.59 Å². The lowest BCUT2D eigenvalue weighted by Gasteiger charge is -2.18. The SMILES string of the molecule is CCP(=O)(C(=O)c1c(Cl)cccc1Cl)C(=O)c1c(OC)cccc1OC. The molecule has 0 saturated carbocycles. The number of halogens is 2. The second-order valence-electron chi connectivity index (χ2n) is 5.30. The summed E-state index contributed by atoms with van der Waals surface area (Å²) in [5.41, 5.74) is -1.90. The summed E-state index contributed by atoms with van der Waals surface area (Å²) in [7, 11) is -1.33. The number of methoxy groups -OCH3 is 2. The van der Waals surface area contributed by atoms with Gasteiger partial charge in [0.25, 0.3) is 0 Å². The number of hydrogen-bond donors (Lipinski definition) is 0. The average molecular weight is 415 g/mol. The maximum absolute atomic E-state index is 13.5. The van der Waals surface area contributed by atoms with E-state index in [1.54, 1.807) is 12.1 Å². The Balaban J connectivity index is 2.66. The Morgan fingerprint density at radius 2 is 1.31 bits per heavy atom. The Labute approximate surface area is 161 Å². The van der Waals surface area contributed by atoms with Crippen LogP contribution >= 0.6 is 30.3 Å². The maximum Gasteiger partial charge on any atom is 0.236 e. The molecule has 0 aromatic heterocycles. The fraction of sp³-hybridized carbons (Fsp3) is 0.222. The number of carbonyl (C=O) groups is 2. The highest BCUT2D eigenvalue weighted by molar-refractivity contribution is 7.95. The molecule has 8 heteroatoms. The van der Waals surface area contributed by atoms with Gasteiger partial charge in [-0.25, -0.2) is 0 Å². The summed E-state index contributed by atoms with van der Waals surface area (Å²) in [6, 6.07) is 9.15. The summed E-state index contributed by atoms with van der Waals surface area (Å²) in [5, 5.41) is 0.0759. The summed E-state index contributed by atoms with van der Waals surface area (Å²) >= 11 is 12.1. The molecule has 0 bridgehead atoms. The molecule has 0 fully saturated rings. The first kappa shape index (κ1) is 20.5. The summed E-state index contributed by atoms with van der Waals surface area (Å²) in [5.74, 6) is 0.335. The normalized spacial score (nSPS) is 13.0. The molecule has 0 saturated heterocycles. The van der Waals surface area contributed by atoms with Gasteiger partial charge in [-0.2, -0.15) is 0 Å². The highest BCUT2D eigenvalue weighted by Gasteiger charge is 2.43. The van der Waals surface area contributed by atoms with Crippen LogP contribution in [-0.2, 0) is 4.57 Å². The Bertz CT molecular complexity index is 868. The van der Waals surface area contributed by atoms with E-state index < -0.39 is 18.2 Å². The minimum atomic E-state index is -4.07. The molecule has 0 aliphatic carbocycles. The van der Waals surface area contributed by atoms with Crippen molar-refractivity contribution in [1.82, 2.24) is 0 Å². The Morgan fingerprint density at radius 1 is 0.885 bits per heavy atom. The van der Waals surface area contributed by atoms with Crippen LogP contribution in [0.3, 0.4) is 0 Å². The fourth-order valence-corrected chi connectivity index (χ4v) is 5.15. The second kappa shape index (κ2) is 8.26. The van der Waals surface area contributed by atoms with Crippen molar-refractivity contribution in [2.45, 2.75) is 6.92 Å². The lowest BCUT2D eigenvalue weighted by atomic mass is 10.2. The number of ether oxygens (including phenoxy) is 2. The van der Waals surface area contributed by atoms with Crippen LogP contribution in [0.5, 0.6) is 11.5 Å². The van der Waals surface area contributed by atoms with Crippen LogP contribution in [0.4, 0.5) is 0 Å². The number of hydrogen-bond acceptors (Lipinski definition) is 5. The van der Waals surface area contributed by atoms with E-state index in [0.29, 0.717) is 0 Å². The fourth-order valence-electron chi connectivity index (χ4n) is 2.50. The Morgan fingerprint density at radius 3 is 1.73 bits per heavy atom. The van der Waals surface area contributed by atoms with Crippen molar-refractivity contribution >= 4 is 41.4 Å². The highest BCUT2D eigenvalue weighted by Crippen LogP contribution is 2.55. The summed E-state index contributed by atoms with van der Waals surface area (Å²) < 4.78 is 23.9. The van der Waals surface area contributed by atoms with Crippen molar-refractivity contribution in [3.63, 3.8) is 0 Å². The molecule has 0 amide bonds. The molecule has 0 spiro atoms. The molecule has 0 aliphatic rings. The smallest absolute Gasteiger partial charge is 0.236 e. The third kappa shape index (κ3) is 3.52. The zero-order chi connectivity index (χ0) is 19.5. The highest BCUT2D eigenvalue weighted by atomic mass is 35.5. The van der Waals surface area contributed by atoms with Crippen molar-refractivity contribution in [2.24, 2.45) is 0 Å². The molecule has 138 valence electrons. The largest absolute Gasteiger partial charge is 0.496 e. The first-order valence-corrected chi connectivity index (χ1v) is 10.3. The molecule has 1 unspecified atom stereocenters. The average Bonchev–Trinajstić information content (AvgIpc) is 2.65. The van der Waals surface area contributed by atoms with Crippen LogP contribution in [0.15, 0.2) is 36.4 Å². The molecule has 5 nitrogen and oxygen atoms in total. The van der Waals surface area contributed by atoms with Crippen LogP contribution in [0, 0.1) is 0 Å². The molecular weight excluding hydrogens is 398 g/mol. The van der Waals surface area contributed by atoms with Crippen LogP contribution in [-0.4, -0.2) is 31.4 Å². The quantitative estimate of drug-likeness (QED) is 0.569. The summed E-state index contributed by atoms with van der Waals surface area (Å²) in [4.78, 5) is 26.2. The van der Waals surface area contributed by atoms with Gasteiger partial charge in [-0.05, 0) is 24.3 Å². The van der Waals surface area contributed by atoms with Gasteiger partial charge < -0.3 is 14.0 Å². The third-order valence-electron chi connectivity index (χ3n) is 3.92. The molecule has 0 heterocycles. The lowest BCUT2D eigenvalue weighted by molar-refractivity contribution is 0.103. The van der Waals surface area contributed by atoms with Crippen molar-refractivity contribution < 1.29 is 23.6 Å². The minimum absolute atomic E-state index is 0.0379. The van der Waals surface area contributed by atoms with Crippen LogP contribution < -0.4 is 9.47 Å².